The lowest BCUT2D eigenvalue weighted by molar-refractivity contribution is 0.391. The van der Waals surface area contributed by atoms with Crippen molar-refractivity contribution < 1.29 is 17.7 Å². The maximum Gasteiger partial charge on any atom is 0.236 e. The molecule has 1 aromatic heterocycles. The van der Waals surface area contributed by atoms with Crippen molar-refractivity contribution >= 4 is 11.8 Å². The maximum absolute atomic E-state index is 13.0. The minimum absolute atomic E-state index is 0.0170. The quantitative estimate of drug-likeness (QED) is 0.638. The van der Waals surface area contributed by atoms with Crippen molar-refractivity contribution in [2.24, 2.45) is 0 Å². The van der Waals surface area contributed by atoms with Crippen molar-refractivity contribution in [3.63, 3.8) is 0 Å². The Morgan fingerprint density at radius 2 is 1.95 bits per heavy atom. The fourth-order valence-electron chi connectivity index (χ4n) is 1.30. The van der Waals surface area contributed by atoms with E-state index in [4.69, 9.17) is 9.78 Å². The number of aromatic nitrogens is 2. The predicted octanol–water partition coefficient (Wildman–Crippen LogP) is 2.91. The normalized spacial score (nSPS) is 10.4. The highest BCUT2D eigenvalue weighted by Gasteiger charge is 2.15. The minimum Gasteiger partial charge on any atom is -0.338 e. The Kier molecular flexibility index (Phi) is 4.06. The number of nitrogens with zero attached hydrogens (tertiary/aromatic N) is 3. The Labute approximate surface area is 110 Å². The van der Waals surface area contributed by atoms with Gasteiger partial charge in [-0.2, -0.15) is 10.2 Å². The van der Waals surface area contributed by atoms with E-state index in [9.17, 15) is 13.2 Å². The zero-order chi connectivity index (χ0) is 13.8. The van der Waals surface area contributed by atoms with Crippen molar-refractivity contribution in [1.29, 1.82) is 5.26 Å². The predicted molar refractivity (Wildman–Crippen MR) is 61.4 cm³/mol. The van der Waals surface area contributed by atoms with Gasteiger partial charge in [0.05, 0.1) is 17.6 Å². The van der Waals surface area contributed by atoms with Crippen molar-refractivity contribution in [3.8, 4) is 17.5 Å². The van der Waals surface area contributed by atoms with Crippen LogP contribution in [0.4, 0.5) is 13.2 Å². The molecule has 1 heterocycles. The summed E-state index contributed by atoms with van der Waals surface area (Å²) in [5.41, 5.74) is -0.0170. The Hall–Kier alpha value is -2.01. The summed E-state index contributed by atoms with van der Waals surface area (Å²) in [4.78, 5) is 3.90. The van der Waals surface area contributed by atoms with E-state index in [1.54, 1.807) is 0 Å². The van der Waals surface area contributed by atoms with Crippen LogP contribution in [0.15, 0.2) is 16.7 Å². The summed E-state index contributed by atoms with van der Waals surface area (Å²) in [5.74, 6) is -3.42. The Morgan fingerprint density at radius 1 is 1.26 bits per heavy atom. The van der Waals surface area contributed by atoms with Crippen molar-refractivity contribution in [1.82, 2.24) is 10.1 Å². The Morgan fingerprint density at radius 3 is 2.58 bits per heavy atom. The molecule has 4 nitrogen and oxygen atoms in total. The lowest BCUT2D eigenvalue weighted by Crippen LogP contribution is -1.93. The molecular formula is C11H6F3N3OS. The molecule has 0 radical (unpaired) electrons. The first-order valence-electron chi connectivity index (χ1n) is 5.04. The Bertz CT molecular complexity index is 615. The van der Waals surface area contributed by atoms with Gasteiger partial charge in [0.15, 0.2) is 17.5 Å². The molecule has 0 saturated heterocycles. The van der Waals surface area contributed by atoms with Crippen LogP contribution in [0, 0.1) is 28.8 Å². The largest absolute Gasteiger partial charge is 0.338 e. The standard InChI is InChI=1S/C11H6F3N3OS/c12-7-3-6(4-8(13)10(7)14)11-16-9(18-17-11)5-19-2-1-15/h3-4H,2,5H2. The van der Waals surface area contributed by atoms with Gasteiger partial charge in [0, 0.05) is 5.56 Å². The number of rotatable bonds is 4. The van der Waals surface area contributed by atoms with E-state index >= 15 is 0 Å². The van der Waals surface area contributed by atoms with E-state index in [-0.39, 0.29) is 23.0 Å². The highest BCUT2D eigenvalue weighted by atomic mass is 32.2. The third-order valence-corrected chi connectivity index (χ3v) is 2.89. The maximum atomic E-state index is 13.0. The first-order chi connectivity index (χ1) is 9.11. The average molecular weight is 285 g/mol. The summed E-state index contributed by atoms with van der Waals surface area (Å²) in [6, 6.07) is 3.50. The number of benzene rings is 1. The minimum atomic E-state index is -1.54. The molecule has 98 valence electrons. The van der Waals surface area contributed by atoms with E-state index in [1.165, 1.54) is 11.8 Å². The molecule has 2 rings (SSSR count). The molecular weight excluding hydrogens is 279 g/mol. The van der Waals surface area contributed by atoms with Crippen LogP contribution >= 0.6 is 11.8 Å². The van der Waals surface area contributed by atoms with E-state index in [2.05, 4.69) is 10.1 Å². The second kappa shape index (κ2) is 5.75. The lowest BCUT2D eigenvalue weighted by Gasteiger charge is -1.98. The average Bonchev–Trinajstić information content (AvgIpc) is 2.84. The van der Waals surface area contributed by atoms with Gasteiger partial charge in [-0.1, -0.05) is 5.16 Å². The van der Waals surface area contributed by atoms with Gasteiger partial charge in [0.1, 0.15) is 0 Å². The zero-order valence-electron chi connectivity index (χ0n) is 9.36. The van der Waals surface area contributed by atoms with Crippen LogP contribution in [0.1, 0.15) is 5.89 Å². The van der Waals surface area contributed by atoms with Gasteiger partial charge in [-0.05, 0) is 12.1 Å². The summed E-state index contributed by atoms with van der Waals surface area (Å²) < 4.78 is 43.7. The van der Waals surface area contributed by atoms with Crippen LogP contribution in [-0.4, -0.2) is 15.9 Å². The summed E-state index contributed by atoms with van der Waals surface area (Å²) in [6.07, 6.45) is 0. The number of thioether (sulfide) groups is 1. The van der Waals surface area contributed by atoms with E-state index < -0.39 is 17.5 Å². The van der Waals surface area contributed by atoms with Gasteiger partial charge in [-0.25, -0.2) is 13.2 Å². The molecule has 0 bridgehead atoms. The van der Waals surface area contributed by atoms with Gasteiger partial charge in [-0.3, -0.25) is 0 Å². The fourth-order valence-corrected chi connectivity index (χ4v) is 1.78. The fraction of sp³-hybridized carbons (Fsp3) is 0.182. The first-order valence-corrected chi connectivity index (χ1v) is 6.19. The molecule has 0 fully saturated rings. The number of hydrogen-bond donors (Lipinski definition) is 0. The molecule has 0 aliphatic rings. The summed E-state index contributed by atoms with van der Waals surface area (Å²) in [5, 5.41) is 11.9. The van der Waals surface area contributed by atoms with Crippen LogP contribution < -0.4 is 0 Å². The molecule has 0 aliphatic carbocycles. The van der Waals surface area contributed by atoms with Crippen LogP contribution in [-0.2, 0) is 5.75 Å². The molecule has 0 atom stereocenters. The Balaban J connectivity index is 2.21. The molecule has 0 spiro atoms. The summed E-state index contributed by atoms with van der Waals surface area (Å²) >= 11 is 1.26. The van der Waals surface area contributed by atoms with Gasteiger partial charge in [0.25, 0.3) is 0 Å². The third kappa shape index (κ3) is 3.06. The number of nitriles is 1. The smallest absolute Gasteiger partial charge is 0.236 e. The summed E-state index contributed by atoms with van der Waals surface area (Å²) in [6.45, 7) is 0. The number of hydrogen-bond acceptors (Lipinski definition) is 5. The second-order valence-corrected chi connectivity index (χ2v) is 4.40. The molecule has 0 unspecified atom stereocenters. The molecule has 1 aromatic carbocycles. The van der Waals surface area contributed by atoms with Gasteiger partial charge in [0.2, 0.25) is 11.7 Å². The zero-order valence-corrected chi connectivity index (χ0v) is 10.2. The molecule has 8 heteroatoms. The lowest BCUT2D eigenvalue weighted by atomic mass is 10.2. The molecule has 2 aromatic rings. The van der Waals surface area contributed by atoms with Gasteiger partial charge >= 0.3 is 0 Å². The van der Waals surface area contributed by atoms with E-state index in [0.29, 0.717) is 5.75 Å². The number of halogens is 3. The topological polar surface area (TPSA) is 62.7 Å². The van der Waals surface area contributed by atoms with Crippen LogP contribution in [0.2, 0.25) is 0 Å². The highest BCUT2D eigenvalue weighted by Crippen LogP contribution is 2.22. The van der Waals surface area contributed by atoms with E-state index in [0.717, 1.165) is 12.1 Å². The van der Waals surface area contributed by atoms with Crippen molar-refractivity contribution in [2.45, 2.75) is 5.75 Å². The SMILES string of the molecule is N#CCSCc1nc(-c2cc(F)c(F)c(F)c2)no1. The van der Waals surface area contributed by atoms with E-state index in [1.807, 2.05) is 6.07 Å². The molecule has 0 aliphatic heterocycles. The van der Waals surface area contributed by atoms with Crippen LogP contribution in [0.5, 0.6) is 0 Å². The van der Waals surface area contributed by atoms with Crippen LogP contribution in [0.3, 0.4) is 0 Å². The van der Waals surface area contributed by atoms with Crippen LogP contribution in [0.25, 0.3) is 11.4 Å². The molecule has 0 saturated carbocycles. The molecule has 0 amide bonds. The third-order valence-electron chi connectivity index (χ3n) is 2.10. The van der Waals surface area contributed by atoms with Gasteiger partial charge in [-0.15, -0.1) is 11.8 Å². The summed E-state index contributed by atoms with van der Waals surface area (Å²) in [7, 11) is 0. The second-order valence-electron chi connectivity index (χ2n) is 3.42. The monoisotopic (exact) mass is 285 g/mol. The van der Waals surface area contributed by atoms with Crippen molar-refractivity contribution in [2.75, 3.05) is 5.75 Å². The molecule has 19 heavy (non-hydrogen) atoms. The van der Waals surface area contributed by atoms with Crippen molar-refractivity contribution in [3.05, 3.63) is 35.5 Å². The molecule has 0 N–H and O–H groups in total. The highest BCUT2D eigenvalue weighted by molar-refractivity contribution is 7.98. The van der Waals surface area contributed by atoms with Gasteiger partial charge < -0.3 is 4.52 Å². The first kappa shape index (κ1) is 13.4.